The molecule has 0 saturated carbocycles. The lowest BCUT2D eigenvalue weighted by Crippen LogP contribution is -1.99. The molecule has 0 heterocycles. The van der Waals surface area contributed by atoms with E-state index in [9.17, 15) is 0 Å². The second-order valence-corrected chi connectivity index (χ2v) is 14.5. The molecule has 0 saturated heterocycles. The van der Waals surface area contributed by atoms with Crippen LogP contribution in [0.1, 0.15) is 0 Å². The molecular weight excluding hydrogens is 761 g/mol. The van der Waals surface area contributed by atoms with E-state index in [0.717, 1.165) is 91.1 Å². The van der Waals surface area contributed by atoms with Crippen molar-refractivity contribution >= 4 is 91.1 Å². The van der Waals surface area contributed by atoms with Crippen LogP contribution in [-0.4, -0.2) is 22.8 Å². The largest absolute Gasteiger partial charge is 0.356 e. The van der Waals surface area contributed by atoms with Crippen molar-refractivity contribution in [3.8, 4) is 0 Å². The van der Waals surface area contributed by atoms with Crippen LogP contribution >= 0.6 is 0 Å². The van der Waals surface area contributed by atoms with Gasteiger partial charge in [-0.05, 0) is 194 Å². The molecule has 7 aromatic carbocycles. The Balaban J connectivity index is 0.728. The summed E-state index contributed by atoms with van der Waals surface area (Å²) in [7, 11) is 0. The molecule has 0 bridgehead atoms. The quantitative estimate of drug-likeness (QED) is 0.0925. The van der Waals surface area contributed by atoms with E-state index in [-0.39, 0.29) is 0 Å². The van der Waals surface area contributed by atoms with Crippen molar-refractivity contribution in [1.82, 2.24) is 0 Å². The van der Waals surface area contributed by atoms with Gasteiger partial charge in [-0.15, -0.1) is 0 Å². The normalized spacial score (nSPS) is 12.8. The molecule has 0 radical (unpaired) electrons. The number of nitrogens with zero attached hydrogens (tertiary/aromatic N) is 4. The van der Waals surface area contributed by atoms with E-state index in [0.29, 0.717) is 0 Å². The van der Waals surface area contributed by atoms with E-state index in [4.69, 9.17) is 20.0 Å². The van der Waals surface area contributed by atoms with Gasteiger partial charge < -0.3 is 21.3 Å². The number of anilines is 8. The van der Waals surface area contributed by atoms with E-state index in [1.165, 1.54) is 0 Å². The molecular formula is C54H42N8. The summed E-state index contributed by atoms with van der Waals surface area (Å²) < 4.78 is 0. The van der Waals surface area contributed by atoms with E-state index in [2.05, 4.69) is 45.5 Å². The van der Waals surface area contributed by atoms with Crippen molar-refractivity contribution < 1.29 is 0 Å². The summed E-state index contributed by atoms with van der Waals surface area (Å²) in [5.41, 5.74) is 15.1. The topological polar surface area (TPSA) is 97.6 Å². The van der Waals surface area contributed by atoms with Crippen LogP contribution in [0.4, 0.5) is 68.2 Å². The third-order valence-electron chi connectivity index (χ3n) is 9.79. The van der Waals surface area contributed by atoms with Crippen LogP contribution in [0, 0.1) is 0 Å². The maximum atomic E-state index is 4.80. The Kier molecular flexibility index (Phi) is 11.9. The van der Waals surface area contributed by atoms with Crippen LogP contribution in [0.25, 0.3) is 0 Å². The summed E-state index contributed by atoms with van der Waals surface area (Å²) >= 11 is 0. The second-order valence-electron chi connectivity index (χ2n) is 14.5. The SMILES string of the molecule is C1=CC(=Nc2ccc(Nc3ccc(Nc4ccc(N=C5C=CC(=Nc6ccc(Nc7ccccc7)cc6)C=C5)cc4)cc3)cc2)C=CC1=Nc1ccc(Nc2ccccc2)cc1. The van der Waals surface area contributed by atoms with Gasteiger partial charge in [-0.1, -0.05) is 36.4 Å². The van der Waals surface area contributed by atoms with E-state index >= 15 is 0 Å². The third-order valence-corrected chi connectivity index (χ3v) is 9.79. The van der Waals surface area contributed by atoms with Gasteiger partial charge in [0.1, 0.15) is 0 Å². The Bertz CT molecular complexity index is 2630. The van der Waals surface area contributed by atoms with Gasteiger partial charge in [0, 0.05) is 45.5 Å². The van der Waals surface area contributed by atoms with Crippen molar-refractivity contribution in [2.75, 3.05) is 21.3 Å². The Morgan fingerprint density at radius 3 is 0.581 bits per heavy atom. The minimum absolute atomic E-state index is 0.868. The molecule has 2 aliphatic carbocycles. The first kappa shape index (κ1) is 38.9. The van der Waals surface area contributed by atoms with Crippen LogP contribution < -0.4 is 21.3 Å². The first-order valence-corrected chi connectivity index (χ1v) is 20.4. The number of rotatable bonds is 12. The fourth-order valence-corrected chi connectivity index (χ4v) is 6.62. The lowest BCUT2D eigenvalue weighted by molar-refractivity contribution is 1.47. The Morgan fingerprint density at radius 1 is 0.194 bits per heavy atom. The summed E-state index contributed by atoms with van der Waals surface area (Å²) in [5, 5.41) is 13.8. The number of para-hydroxylation sites is 2. The number of allylic oxidation sites excluding steroid dienone is 8. The van der Waals surface area contributed by atoms with Crippen molar-refractivity contribution in [1.29, 1.82) is 0 Å². The minimum atomic E-state index is 0.868. The average Bonchev–Trinajstić information content (AvgIpc) is 3.32. The molecule has 0 amide bonds. The Morgan fingerprint density at radius 2 is 0.371 bits per heavy atom. The van der Waals surface area contributed by atoms with Crippen molar-refractivity contribution in [3.63, 3.8) is 0 Å². The van der Waals surface area contributed by atoms with E-state index < -0.39 is 0 Å². The number of benzene rings is 7. The number of nitrogens with one attached hydrogen (secondary N) is 4. The summed E-state index contributed by atoms with van der Waals surface area (Å²) in [4.78, 5) is 19.1. The van der Waals surface area contributed by atoms with Gasteiger partial charge in [-0.2, -0.15) is 0 Å². The summed E-state index contributed by atoms with van der Waals surface area (Å²) in [6.07, 6.45) is 15.9. The third kappa shape index (κ3) is 10.9. The van der Waals surface area contributed by atoms with Crippen LogP contribution in [0.5, 0.6) is 0 Å². The van der Waals surface area contributed by atoms with Crippen LogP contribution in [0.15, 0.2) is 251 Å². The highest BCUT2D eigenvalue weighted by molar-refractivity contribution is 6.20. The first-order chi connectivity index (χ1) is 30.6. The van der Waals surface area contributed by atoms with Gasteiger partial charge in [0.2, 0.25) is 0 Å². The van der Waals surface area contributed by atoms with Gasteiger partial charge in [0.15, 0.2) is 0 Å². The molecule has 298 valence electrons. The maximum Gasteiger partial charge on any atom is 0.0638 e. The lowest BCUT2D eigenvalue weighted by atomic mass is 10.1. The highest BCUT2D eigenvalue weighted by Gasteiger charge is 2.05. The number of hydrogen-bond donors (Lipinski definition) is 4. The zero-order chi connectivity index (χ0) is 41.8. The molecule has 0 atom stereocenters. The predicted octanol–water partition coefficient (Wildman–Crippen LogP) is 14.6. The highest BCUT2D eigenvalue weighted by atomic mass is 14.9. The summed E-state index contributed by atoms with van der Waals surface area (Å²) in [5.74, 6) is 0. The molecule has 7 aromatic rings. The predicted molar refractivity (Wildman–Crippen MR) is 263 cm³/mol. The van der Waals surface area contributed by atoms with Crippen LogP contribution in [0.3, 0.4) is 0 Å². The smallest absolute Gasteiger partial charge is 0.0638 e. The number of aliphatic imine (C=N–C) groups is 4. The fourth-order valence-electron chi connectivity index (χ4n) is 6.62. The van der Waals surface area contributed by atoms with Gasteiger partial charge in [0.25, 0.3) is 0 Å². The molecule has 0 fully saturated rings. The number of hydrogen-bond acceptors (Lipinski definition) is 8. The zero-order valence-corrected chi connectivity index (χ0v) is 33.7. The van der Waals surface area contributed by atoms with Crippen molar-refractivity contribution in [2.45, 2.75) is 0 Å². The molecule has 0 aromatic heterocycles. The van der Waals surface area contributed by atoms with Crippen molar-refractivity contribution in [3.05, 3.63) is 231 Å². The molecule has 0 unspecified atom stereocenters. The highest BCUT2D eigenvalue weighted by Crippen LogP contribution is 2.27. The van der Waals surface area contributed by atoms with Gasteiger partial charge in [-0.3, -0.25) is 0 Å². The standard InChI is InChI=1S/C54H42N8/c1-3-7-39(8-4-1)55-41-11-15-43(16-12-41)57-45-19-23-47(24-20-45)59-49-27-31-51(32-28-49)61-53-35-37-54(38-36-53)62-52-33-29-50(30-34-52)60-48-25-21-46(22-26-48)58-44-17-13-42(14-18-44)56-40-9-5-2-6-10-40/h1-38,55-56,61-62H. The lowest BCUT2D eigenvalue weighted by Gasteiger charge is -2.10. The fraction of sp³-hybridized carbons (Fsp3) is 0. The molecule has 4 N–H and O–H groups in total. The molecule has 8 nitrogen and oxygen atoms in total. The summed E-state index contributed by atoms with van der Waals surface area (Å²) in [6, 6.07) is 60.8. The molecule has 9 rings (SSSR count). The average molecular weight is 803 g/mol. The molecule has 8 heteroatoms. The summed E-state index contributed by atoms with van der Waals surface area (Å²) in [6.45, 7) is 0. The Labute approximate surface area is 361 Å². The zero-order valence-electron chi connectivity index (χ0n) is 33.7. The van der Waals surface area contributed by atoms with Crippen LogP contribution in [-0.2, 0) is 0 Å². The first-order valence-electron chi connectivity index (χ1n) is 20.4. The molecule has 62 heavy (non-hydrogen) atoms. The second kappa shape index (κ2) is 19.0. The van der Waals surface area contributed by atoms with Crippen LogP contribution in [0.2, 0.25) is 0 Å². The maximum absolute atomic E-state index is 4.80. The van der Waals surface area contributed by atoms with Gasteiger partial charge in [-0.25, -0.2) is 20.0 Å². The monoisotopic (exact) mass is 802 g/mol. The molecule has 0 spiro atoms. The Hall–Kier alpha value is -8.62. The molecule has 2 aliphatic rings. The van der Waals surface area contributed by atoms with E-state index in [1.54, 1.807) is 0 Å². The molecule has 0 aliphatic heterocycles. The van der Waals surface area contributed by atoms with Gasteiger partial charge >= 0.3 is 0 Å². The van der Waals surface area contributed by atoms with E-state index in [1.807, 2.05) is 206 Å². The van der Waals surface area contributed by atoms with Crippen molar-refractivity contribution in [2.24, 2.45) is 20.0 Å². The van der Waals surface area contributed by atoms with Gasteiger partial charge in [0.05, 0.1) is 45.6 Å². The minimum Gasteiger partial charge on any atom is -0.356 e.